The molecule has 0 aliphatic rings. The van der Waals surface area contributed by atoms with Crippen molar-refractivity contribution in [2.24, 2.45) is 5.73 Å². The van der Waals surface area contributed by atoms with Gasteiger partial charge in [0.1, 0.15) is 6.04 Å². The molecule has 2 heterocycles. The van der Waals surface area contributed by atoms with E-state index in [1.807, 2.05) is 0 Å². The summed E-state index contributed by atoms with van der Waals surface area (Å²) in [5.41, 5.74) is 7.43. The SMILES string of the molecule is N[C@@H](Cc1ccc(-c2cnc(OC(c3ccccc3-n3cccn3)C(F)(F)F)cn2)cc1)C(=O)O. The van der Waals surface area contributed by atoms with Gasteiger partial charge < -0.3 is 15.6 Å². The number of para-hydroxylation sites is 1. The number of carboxylic acids is 1. The summed E-state index contributed by atoms with van der Waals surface area (Å²) in [7, 11) is 0. The molecule has 0 saturated carbocycles. The molecule has 0 saturated heterocycles. The van der Waals surface area contributed by atoms with E-state index in [2.05, 4.69) is 15.1 Å². The molecule has 8 nitrogen and oxygen atoms in total. The highest BCUT2D eigenvalue weighted by molar-refractivity contribution is 5.73. The quantitative estimate of drug-likeness (QED) is 0.390. The zero-order valence-corrected chi connectivity index (χ0v) is 18.1. The maximum Gasteiger partial charge on any atom is 0.429 e. The molecule has 0 aliphatic heterocycles. The topological polar surface area (TPSA) is 116 Å². The lowest BCUT2D eigenvalue weighted by atomic mass is 10.0. The molecule has 0 radical (unpaired) electrons. The van der Waals surface area contributed by atoms with Crippen LogP contribution >= 0.6 is 0 Å². The van der Waals surface area contributed by atoms with Crippen LogP contribution in [0.15, 0.2) is 79.4 Å². The number of aromatic nitrogens is 4. The first-order chi connectivity index (χ1) is 16.7. The maximum absolute atomic E-state index is 14.0. The molecule has 35 heavy (non-hydrogen) atoms. The summed E-state index contributed by atoms with van der Waals surface area (Å²) in [4.78, 5) is 19.1. The van der Waals surface area contributed by atoms with Crippen molar-refractivity contribution in [2.45, 2.75) is 24.7 Å². The molecular formula is C24H20F3N5O3. The Morgan fingerprint density at radius 2 is 1.80 bits per heavy atom. The van der Waals surface area contributed by atoms with E-state index in [0.717, 1.165) is 11.8 Å². The van der Waals surface area contributed by atoms with Crippen molar-refractivity contribution in [2.75, 3.05) is 0 Å². The highest BCUT2D eigenvalue weighted by atomic mass is 19.4. The first-order valence-electron chi connectivity index (χ1n) is 10.4. The van der Waals surface area contributed by atoms with Crippen molar-refractivity contribution < 1.29 is 27.8 Å². The average molecular weight is 483 g/mol. The van der Waals surface area contributed by atoms with Gasteiger partial charge in [0.05, 0.1) is 23.8 Å². The third kappa shape index (κ3) is 5.64. The number of rotatable bonds is 8. The predicted molar refractivity (Wildman–Crippen MR) is 120 cm³/mol. The monoisotopic (exact) mass is 483 g/mol. The molecule has 4 aromatic rings. The van der Waals surface area contributed by atoms with Gasteiger partial charge in [-0.1, -0.05) is 42.5 Å². The van der Waals surface area contributed by atoms with Crippen LogP contribution in [0, 0.1) is 0 Å². The van der Waals surface area contributed by atoms with Gasteiger partial charge in [0, 0.05) is 23.5 Å². The third-order valence-corrected chi connectivity index (χ3v) is 5.16. The molecule has 0 bridgehead atoms. The van der Waals surface area contributed by atoms with Gasteiger partial charge in [-0.05, 0) is 24.1 Å². The molecule has 2 aromatic carbocycles. The van der Waals surface area contributed by atoms with Gasteiger partial charge in [-0.2, -0.15) is 18.3 Å². The smallest absolute Gasteiger partial charge is 0.429 e. The summed E-state index contributed by atoms with van der Waals surface area (Å²) < 4.78 is 48.6. The maximum atomic E-state index is 14.0. The number of nitrogens with zero attached hydrogens (tertiary/aromatic N) is 4. The lowest BCUT2D eigenvalue weighted by Crippen LogP contribution is -2.32. The van der Waals surface area contributed by atoms with Gasteiger partial charge >= 0.3 is 12.1 Å². The minimum Gasteiger partial charge on any atom is -0.480 e. The van der Waals surface area contributed by atoms with Gasteiger partial charge in [0.2, 0.25) is 12.0 Å². The Kier molecular flexibility index (Phi) is 6.78. The van der Waals surface area contributed by atoms with E-state index in [1.165, 1.54) is 35.3 Å². The summed E-state index contributed by atoms with van der Waals surface area (Å²) in [6, 6.07) is 13.4. The summed E-state index contributed by atoms with van der Waals surface area (Å²) in [6.07, 6.45) is -1.41. The van der Waals surface area contributed by atoms with Gasteiger partial charge in [-0.25, -0.2) is 14.6 Å². The largest absolute Gasteiger partial charge is 0.480 e. The van der Waals surface area contributed by atoms with Crippen LogP contribution in [0.25, 0.3) is 16.9 Å². The number of hydrogen-bond acceptors (Lipinski definition) is 6. The zero-order valence-electron chi connectivity index (χ0n) is 18.1. The van der Waals surface area contributed by atoms with Crippen molar-refractivity contribution in [1.29, 1.82) is 0 Å². The number of ether oxygens (including phenoxy) is 1. The molecule has 4 rings (SSSR count). The van der Waals surface area contributed by atoms with E-state index in [4.69, 9.17) is 15.6 Å². The van der Waals surface area contributed by atoms with Gasteiger partial charge in [0.25, 0.3) is 0 Å². The van der Waals surface area contributed by atoms with Crippen LogP contribution in [0.3, 0.4) is 0 Å². The van der Waals surface area contributed by atoms with E-state index in [-0.39, 0.29) is 23.6 Å². The van der Waals surface area contributed by atoms with E-state index in [1.54, 1.807) is 42.6 Å². The van der Waals surface area contributed by atoms with Crippen molar-refractivity contribution in [1.82, 2.24) is 19.7 Å². The van der Waals surface area contributed by atoms with Crippen molar-refractivity contribution >= 4 is 5.97 Å². The fourth-order valence-corrected chi connectivity index (χ4v) is 3.44. The third-order valence-electron chi connectivity index (χ3n) is 5.16. The molecule has 1 unspecified atom stereocenters. The molecule has 3 N–H and O–H groups in total. The van der Waals surface area contributed by atoms with Crippen LogP contribution in [0.1, 0.15) is 17.2 Å². The Hall–Kier alpha value is -4.25. The number of carboxylic acid groups (broad SMARTS) is 1. The van der Waals surface area contributed by atoms with Crippen molar-refractivity contribution in [3.05, 3.63) is 90.5 Å². The fraction of sp³-hybridized carbons (Fsp3) is 0.167. The summed E-state index contributed by atoms with van der Waals surface area (Å²) >= 11 is 0. The number of hydrogen-bond donors (Lipinski definition) is 2. The minimum atomic E-state index is -4.73. The van der Waals surface area contributed by atoms with E-state index >= 15 is 0 Å². The molecule has 2 aromatic heterocycles. The molecule has 0 aliphatic carbocycles. The minimum absolute atomic E-state index is 0.121. The van der Waals surface area contributed by atoms with Gasteiger partial charge in [-0.3, -0.25) is 4.79 Å². The van der Waals surface area contributed by atoms with Crippen LogP contribution in [0.2, 0.25) is 0 Å². The second-order valence-corrected chi connectivity index (χ2v) is 7.63. The highest BCUT2D eigenvalue weighted by Gasteiger charge is 2.44. The predicted octanol–water partition coefficient (Wildman–Crippen LogP) is 3.97. The van der Waals surface area contributed by atoms with E-state index in [9.17, 15) is 18.0 Å². The Morgan fingerprint density at radius 1 is 1.06 bits per heavy atom. The Balaban J connectivity index is 1.55. The van der Waals surface area contributed by atoms with Gasteiger partial charge in [-0.15, -0.1) is 0 Å². The Morgan fingerprint density at radius 3 is 2.40 bits per heavy atom. The summed E-state index contributed by atoms with van der Waals surface area (Å²) in [5.74, 6) is -1.39. The van der Waals surface area contributed by atoms with Crippen molar-refractivity contribution in [3.63, 3.8) is 0 Å². The molecule has 2 atom stereocenters. The fourth-order valence-electron chi connectivity index (χ4n) is 3.44. The highest BCUT2D eigenvalue weighted by Crippen LogP contribution is 2.38. The van der Waals surface area contributed by atoms with Crippen LogP contribution in [-0.4, -0.2) is 43.0 Å². The number of halogens is 3. The summed E-state index contributed by atoms with van der Waals surface area (Å²) in [6.45, 7) is 0. The van der Waals surface area contributed by atoms with Crippen LogP contribution in [0.4, 0.5) is 13.2 Å². The number of alkyl halides is 3. The number of nitrogens with two attached hydrogens (primary N) is 1. The number of carbonyl (C=O) groups is 1. The zero-order chi connectivity index (χ0) is 25.0. The molecule has 180 valence electrons. The number of aliphatic carboxylic acids is 1. The van der Waals surface area contributed by atoms with Crippen molar-refractivity contribution in [3.8, 4) is 22.8 Å². The van der Waals surface area contributed by atoms with E-state index < -0.39 is 24.3 Å². The lowest BCUT2D eigenvalue weighted by Gasteiger charge is -2.23. The average Bonchev–Trinajstić information content (AvgIpc) is 3.38. The molecule has 0 fully saturated rings. The van der Waals surface area contributed by atoms with Crippen LogP contribution in [-0.2, 0) is 11.2 Å². The second kappa shape index (κ2) is 9.94. The Labute approximate surface area is 197 Å². The van der Waals surface area contributed by atoms with E-state index in [0.29, 0.717) is 11.3 Å². The lowest BCUT2D eigenvalue weighted by molar-refractivity contribution is -0.198. The standard InChI is InChI=1S/C24H20F3N5O3/c25-24(26,27)22(17-4-1-2-5-20(17)32-11-3-10-31-32)35-21-14-29-19(13-30-21)16-8-6-15(7-9-16)12-18(28)23(33)34/h1-11,13-14,18,22H,12,28H2,(H,33,34)/t18-,22?/m0/s1. The van der Waals surface area contributed by atoms with Crippen LogP contribution in [0.5, 0.6) is 5.88 Å². The Bertz CT molecular complexity index is 1280. The summed E-state index contributed by atoms with van der Waals surface area (Å²) in [5, 5.41) is 12.9. The molecule has 11 heteroatoms. The first kappa shape index (κ1) is 23.9. The second-order valence-electron chi connectivity index (χ2n) is 7.63. The molecule has 0 spiro atoms. The molecule has 0 amide bonds. The van der Waals surface area contributed by atoms with Crippen LogP contribution < -0.4 is 10.5 Å². The molecular weight excluding hydrogens is 463 g/mol. The number of benzene rings is 2. The van der Waals surface area contributed by atoms with Gasteiger partial charge in [0.15, 0.2) is 0 Å². The first-order valence-corrected chi connectivity index (χ1v) is 10.4. The normalized spacial score (nSPS) is 13.3.